The molecule has 22 heavy (non-hydrogen) atoms. The maximum Gasteiger partial charge on any atom is 0.317 e. The molecule has 6 nitrogen and oxygen atoms in total. The highest BCUT2D eigenvalue weighted by Crippen LogP contribution is 2.12. The van der Waals surface area contributed by atoms with Crippen molar-refractivity contribution < 1.29 is 23.8 Å². The Kier molecular flexibility index (Phi) is 6.62. The lowest BCUT2D eigenvalue weighted by atomic mass is 10.2. The molecule has 0 aliphatic heterocycles. The molecule has 122 valence electrons. The van der Waals surface area contributed by atoms with E-state index >= 15 is 0 Å². The van der Waals surface area contributed by atoms with Gasteiger partial charge in [-0.05, 0) is 19.1 Å². The van der Waals surface area contributed by atoms with E-state index in [1.807, 2.05) is 0 Å². The fourth-order valence-corrected chi connectivity index (χ4v) is 1.71. The largest absolute Gasteiger partial charge is 0.491 e. The number of nitrogens with zero attached hydrogens (tertiary/aromatic N) is 1. The number of urea groups is 1. The quantitative estimate of drug-likeness (QED) is 0.806. The molecule has 2 N–H and O–H groups in total. The van der Waals surface area contributed by atoms with Crippen LogP contribution in [0, 0.1) is 11.7 Å². The number of halogens is 1. The molecular weight excluding hydrogens is 291 g/mol. The number of rotatable bonds is 7. The molecule has 7 heteroatoms. The van der Waals surface area contributed by atoms with Crippen LogP contribution in [0.5, 0.6) is 5.75 Å². The van der Waals surface area contributed by atoms with Gasteiger partial charge in [-0.15, -0.1) is 0 Å². The van der Waals surface area contributed by atoms with E-state index < -0.39 is 17.7 Å². The summed E-state index contributed by atoms with van der Waals surface area (Å²) in [6.45, 7) is 3.56. The predicted molar refractivity (Wildman–Crippen MR) is 79.3 cm³/mol. The van der Waals surface area contributed by atoms with Gasteiger partial charge in [0, 0.05) is 19.7 Å². The maximum atomic E-state index is 13.0. The number of amides is 2. The molecule has 1 aromatic rings. The maximum absolute atomic E-state index is 13.0. The minimum absolute atomic E-state index is 0.110. The van der Waals surface area contributed by atoms with Gasteiger partial charge in [-0.25, -0.2) is 9.18 Å². The van der Waals surface area contributed by atoms with Crippen LogP contribution in [0.2, 0.25) is 0 Å². The Morgan fingerprint density at radius 1 is 1.41 bits per heavy atom. The number of benzene rings is 1. The van der Waals surface area contributed by atoms with Gasteiger partial charge in [0.1, 0.15) is 18.2 Å². The average molecular weight is 312 g/mol. The van der Waals surface area contributed by atoms with E-state index in [4.69, 9.17) is 9.84 Å². The molecule has 0 saturated heterocycles. The van der Waals surface area contributed by atoms with E-state index in [0.29, 0.717) is 5.75 Å². The number of carbonyl (C=O) groups excluding carboxylic acids is 1. The Hall–Kier alpha value is -2.31. The van der Waals surface area contributed by atoms with E-state index in [1.165, 1.54) is 37.1 Å². The van der Waals surface area contributed by atoms with Crippen LogP contribution in [0.15, 0.2) is 24.3 Å². The van der Waals surface area contributed by atoms with Gasteiger partial charge in [0.15, 0.2) is 0 Å². The molecule has 2 unspecified atom stereocenters. The lowest BCUT2D eigenvalue weighted by Gasteiger charge is -2.23. The lowest BCUT2D eigenvalue weighted by molar-refractivity contribution is -0.141. The third-order valence-corrected chi connectivity index (χ3v) is 2.98. The number of aliphatic carboxylic acids is 1. The Balaban J connectivity index is 2.39. The molecular formula is C15H21FN2O4. The average Bonchev–Trinajstić information content (AvgIpc) is 2.44. The van der Waals surface area contributed by atoms with E-state index in [9.17, 15) is 14.0 Å². The Morgan fingerprint density at radius 3 is 2.68 bits per heavy atom. The second-order valence-corrected chi connectivity index (χ2v) is 5.24. The van der Waals surface area contributed by atoms with Crippen LogP contribution in [-0.2, 0) is 4.79 Å². The van der Waals surface area contributed by atoms with Gasteiger partial charge in [-0.1, -0.05) is 13.0 Å². The summed E-state index contributed by atoms with van der Waals surface area (Å²) in [5, 5.41) is 11.5. The number of nitrogens with one attached hydrogen (secondary N) is 1. The number of carboxylic acids is 1. The molecule has 1 aromatic carbocycles. The van der Waals surface area contributed by atoms with Gasteiger partial charge in [0.25, 0.3) is 0 Å². The van der Waals surface area contributed by atoms with Crippen LogP contribution in [0.1, 0.15) is 13.8 Å². The third-order valence-electron chi connectivity index (χ3n) is 2.98. The minimum Gasteiger partial charge on any atom is -0.491 e. The van der Waals surface area contributed by atoms with Crippen LogP contribution >= 0.6 is 0 Å². The van der Waals surface area contributed by atoms with Crippen molar-refractivity contribution in [3.63, 3.8) is 0 Å². The summed E-state index contributed by atoms with van der Waals surface area (Å²) in [5.74, 6) is -1.61. The van der Waals surface area contributed by atoms with Crippen LogP contribution in [0.4, 0.5) is 9.18 Å². The molecule has 0 bridgehead atoms. The summed E-state index contributed by atoms with van der Waals surface area (Å²) >= 11 is 0. The molecule has 0 heterocycles. The first-order valence-electron chi connectivity index (χ1n) is 6.92. The van der Waals surface area contributed by atoms with Crippen molar-refractivity contribution in [3.05, 3.63) is 30.1 Å². The summed E-state index contributed by atoms with van der Waals surface area (Å²) < 4.78 is 18.4. The highest BCUT2D eigenvalue weighted by Gasteiger charge is 2.18. The van der Waals surface area contributed by atoms with Gasteiger partial charge in [-0.3, -0.25) is 4.79 Å². The summed E-state index contributed by atoms with van der Waals surface area (Å²) in [4.78, 5) is 23.9. The third kappa shape index (κ3) is 5.99. The molecule has 0 spiro atoms. The number of carboxylic acid groups (broad SMARTS) is 1. The van der Waals surface area contributed by atoms with Gasteiger partial charge in [0.2, 0.25) is 0 Å². The Labute approximate surface area is 128 Å². The smallest absolute Gasteiger partial charge is 0.317 e. The summed E-state index contributed by atoms with van der Waals surface area (Å²) in [6.07, 6.45) is 0. The second kappa shape index (κ2) is 8.21. The molecule has 0 saturated carbocycles. The fourth-order valence-electron chi connectivity index (χ4n) is 1.71. The lowest BCUT2D eigenvalue weighted by Crippen LogP contribution is -2.46. The molecule has 1 rings (SSSR count). The number of ether oxygens (including phenoxy) is 1. The van der Waals surface area contributed by atoms with Crippen molar-refractivity contribution in [1.29, 1.82) is 0 Å². The first-order chi connectivity index (χ1) is 10.3. The van der Waals surface area contributed by atoms with Crippen molar-refractivity contribution in [2.45, 2.75) is 19.9 Å². The SMILES string of the molecule is CC(COc1cccc(F)c1)NC(=O)N(C)CC(C)C(=O)O. The zero-order valence-corrected chi connectivity index (χ0v) is 12.9. The first kappa shape index (κ1) is 17.7. The Morgan fingerprint density at radius 2 is 2.09 bits per heavy atom. The second-order valence-electron chi connectivity index (χ2n) is 5.24. The summed E-state index contributed by atoms with van der Waals surface area (Å²) in [5.41, 5.74) is 0. The molecule has 0 aliphatic rings. The van der Waals surface area contributed by atoms with Gasteiger partial charge in [0.05, 0.1) is 12.0 Å². The van der Waals surface area contributed by atoms with Crippen LogP contribution in [0.3, 0.4) is 0 Å². The van der Waals surface area contributed by atoms with Crippen molar-refractivity contribution >= 4 is 12.0 Å². The van der Waals surface area contributed by atoms with E-state index in [0.717, 1.165) is 0 Å². The monoisotopic (exact) mass is 312 g/mol. The molecule has 0 aromatic heterocycles. The number of hydrogen-bond acceptors (Lipinski definition) is 3. The van der Waals surface area contributed by atoms with Crippen molar-refractivity contribution in [1.82, 2.24) is 10.2 Å². The zero-order valence-electron chi connectivity index (χ0n) is 12.9. The molecule has 0 aliphatic carbocycles. The standard InChI is InChI=1S/C15H21FN2O4/c1-10(14(19)20)8-18(3)15(21)17-11(2)9-22-13-6-4-5-12(16)7-13/h4-7,10-11H,8-9H2,1-3H3,(H,17,21)(H,19,20). The number of hydrogen-bond donors (Lipinski definition) is 2. The highest BCUT2D eigenvalue weighted by atomic mass is 19.1. The Bertz CT molecular complexity index is 524. The normalized spacial score (nSPS) is 13.1. The molecule has 0 fully saturated rings. The van der Waals surface area contributed by atoms with Crippen molar-refractivity contribution in [2.75, 3.05) is 20.2 Å². The van der Waals surface area contributed by atoms with Crippen LogP contribution < -0.4 is 10.1 Å². The van der Waals surface area contributed by atoms with E-state index in [1.54, 1.807) is 13.0 Å². The predicted octanol–water partition coefficient (Wildman–Crippen LogP) is 1.96. The van der Waals surface area contributed by atoms with Crippen molar-refractivity contribution in [3.8, 4) is 5.75 Å². The highest BCUT2D eigenvalue weighted by molar-refractivity contribution is 5.75. The zero-order chi connectivity index (χ0) is 16.7. The summed E-state index contributed by atoms with van der Waals surface area (Å²) in [7, 11) is 1.52. The van der Waals surface area contributed by atoms with Gasteiger partial charge in [-0.2, -0.15) is 0 Å². The first-order valence-corrected chi connectivity index (χ1v) is 6.92. The minimum atomic E-state index is -0.956. The fraction of sp³-hybridized carbons (Fsp3) is 0.467. The van der Waals surface area contributed by atoms with E-state index in [2.05, 4.69) is 5.32 Å². The van der Waals surface area contributed by atoms with Gasteiger partial charge >= 0.3 is 12.0 Å². The summed E-state index contributed by atoms with van der Waals surface area (Å²) in [6, 6.07) is 5.04. The van der Waals surface area contributed by atoms with Crippen LogP contribution in [0.25, 0.3) is 0 Å². The van der Waals surface area contributed by atoms with Crippen molar-refractivity contribution in [2.24, 2.45) is 5.92 Å². The molecule has 0 radical (unpaired) electrons. The topological polar surface area (TPSA) is 78.9 Å². The number of carbonyl (C=O) groups is 2. The molecule has 2 amide bonds. The van der Waals surface area contributed by atoms with Crippen LogP contribution in [-0.4, -0.2) is 48.2 Å². The molecule has 2 atom stereocenters. The van der Waals surface area contributed by atoms with E-state index in [-0.39, 0.29) is 25.2 Å². The van der Waals surface area contributed by atoms with Gasteiger partial charge < -0.3 is 20.1 Å².